The molecule has 16 heavy (non-hydrogen) atoms. The van der Waals surface area contributed by atoms with E-state index in [0.29, 0.717) is 12.5 Å². The molecule has 0 saturated heterocycles. The summed E-state index contributed by atoms with van der Waals surface area (Å²) in [7, 11) is 0. The zero-order valence-corrected chi connectivity index (χ0v) is 11.3. The molecule has 0 aromatic carbocycles. The lowest BCUT2D eigenvalue weighted by Gasteiger charge is -2.27. The molecule has 0 aliphatic carbocycles. The van der Waals surface area contributed by atoms with Gasteiger partial charge in [-0.05, 0) is 26.2 Å². The Bertz CT molecular complexity index is 296. The molecule has 0 aliphatic heterocycles. The van der Waals surface area contributed by atoms with Crippen molar-refractivity contribution in [2.45, 2.75) is 45.8 Å². The van der Waals surface area contributed by atoms with Gasteiger partial charge in [-0.25, -0.2) is 0 Å². The van der Waals surface area contributed by atoms with E-state index in [1.807, 2.05) is 18.6 Å². The molecule has 1 heterocycles. The lowest BCUT2D eigenvalue weighted by atomic mass is 9.94. The molecular weight excluding hydrogens is 220 g/mol. The van der Waals surface area contributed by atoms with Crippen LogP contribution in [0.1, 0.15) is 45.0 Å². The minimum Gasteiger partial charge on any atom is -0.389 e. The molecule has 0 bridgehead atoms. The normalized spacial score (nSPS) is 17.4. The molecule has 2 N–H and O–H groups in total. The summed E-state index contributed by atoms with van der Waals surface area (Å²) in [4.78, 5) is 5.26. The van der Waals surface area contributed by atoms with Gasteiger partial charge in [-0.1, -0.05) is 13.8 Å². The molecule has 0 aliphatic rings. The van der Waals surface area contributed by atoms with Crippen molar-refractivity contribution in [3.63, 3.8) is 0 Å². The van der Waals surface area contributed by atoms with Gasteiger partial charge in [0.2, 0.25) is 0 Å². The number of hydrogen-bond donors (Lipinski definition) is 2. The summed E-state index contributed by atoms with van der Waals surface area (Å²) in [6.45, 7) is 8.85. The number of rotatable bonds is 6. The summed E-state index contributed by atoms with van der Waals surface area (Å²) < 4.78 is 0. The Kier molecular flexibility index (Phi) is 4.89. The Morgan fingerprint density at radius 3 is 2.69 bits per heavy atom. The van der Waals surface area contributed by atoms with Gasteiger partial charge in [0.25, 0.3) is 0 Å². The van der Waals surface area contributed by atoms with E-state index >= 15 is 0 Å². The van der Waals surface area contributed by atoms with E-state index in [2.05, 4.69) is 31.1 Å². The van der Waals surface area contributed by atoms with Gasteiger partial charge < -0.3 is 10.4 Å². The van der Waals surface area contributed by atoms with E-state index in [0.717, 1.165) is 6.42 Å². The predicted octanol–water partition coefficient (Wildman–Crippen LogP) is 2.59. The number of aromatic nitrogens is 1. The molecule has 0 amide bonds. The summed E-state index contributed by atoms with van der Waals surface area (Å²) in [6, 6.07) is 0.256. The first kappa shape index (κ1) is 13.6. The molecule has 92 valence electrons. The quantitative estimate of drug-likeness (QED) is 0.806. The fourth-order valence-electron chi connectivity index (χ4n) is 1.86. The Hall–Kier alpha value is -0.450. The summed E-state index contributed by atoms with van der Waals surface area (Å²) in [6.07, 6.45) is 2.69. The molecule has 2 unspecified atom stereocenters. The van der Waals surface area contributed by atoms with Crippen LogP contribution in [0.15, 0.2) is 11.7 Å². The van der Waals surface area contributed by atoms with Crippen molar-refractivity contribution >= 4 is 11.3 Å². The summed E-state index contributed by atoms with van der Waals surface area (Å²) in [5.74, 6) is 0.510. The highest BCUT2D eigenvalue weighted by Gasteiger charge is 2.22. The van der Waals surface area contributed by atoms with Gasteiger partial charge in [0.1, 0.15) is 0 Å². The molecule has 2 atom stereocenters. The van der Waals surface area contributed by atoms with Crippen LogP contribution in [0, 0.1) is 5.92 Å². The fourth-order valence-corrected chi connectivity index (χ4v) is 2.52. The first-order valence-electron chi connectivity index (χ1n) is 5.75. The van der Waals surface area contributed by atoms with E-state index in [4.69, 9.17) is 0 Å². The maximum absolute atomic E-state index is 10.2. The molecule has 4 heteroatoms. The maximum atomic E-state index is 10.2. The fraction of sp³-hybridized carbons (Fsp3) is 0.750. The Labute approximate surface area is 102 Å². The molecular formula is C12H22N2OS. The highest BCUT2D eigenvalue weighted by Crippen LogP contribution is 2.19. The van der Waals surface area contributed by atoms with Crippen molar-refractivity contribution in [3.8, 4) is 0 Å². The van der Waals surface area contributed by atoms with Crippen LogP contribution in [0.4, 0.5) is 0 Å². The number of nitrogens with zero attached hydrogens (tertiary/aromatic N) is 1. The maximum Gasteiger partial charge on any atom is 0.0794 e. The van der Waals surface area contributed by atoms with Gasteiger partial charge in [0.15, 0.2) is 0 Å². The molecule has 0 radical (unpaired) electrons. The topological polar surface area (TPSA) is 45.1 Å². The smallest absolute Gasteiger partial charge is 0.0794 e. The Balaban J connectivity index is 2.39. The van der Waals surface area contributed by atoms with Crippen molar-refractivity contribution in [2.24, 2.45) is 5.92 Å². The van der Waals surface area contributed by atoms with E-state index in [1.165, 1.54) is 4.88 Å². The van der Waals surface area contributed by atoms with Crippen LogP contribution >= 0.6 is 11.3 Å². The van der Waals surface area contributed by atoms with Crippen LogP contribution in [0.2, 0.25) is 0 Å². The summed E-state index contributed by atoms with van der Waals surface area (Å²) in [5, 5.41) is 13.5. The molecule has 0 spiro atoms. The van der Waals surface area contributed by atoms with Gasteiger partial charge in [-0.3, -0.25) is 4.98 Å². The largest absolute Gasteiger partial charge is 0.389 e. The number of nitrogens with one attached hydrogen (secondary N) is 1. The molecule has 1 aromatic rings. The van der Waals surface area contributed by atoms with Crippen molar-refractivity contribution < 1.29 is 5.11 Å². The third-order valence-electron chi connectivity index (χ3n) is 2.52. The van der Waals surface area contributed by atoms with E-state index in [1.54, 1.807) is 11.3 Å². The summed E-state index contributed by atoms with van der Waals surface area (Å²) in [5.41, 5.74) is 1.20. The average molecular weight is 242 g/mol. The Morgan fingerprint density at radius 1 is 1.50 bits per heavy atom. The van der Waals surface area contributed by atoms with Crippen molar-refractivity contribution in [3.05, 3.63) is 16.6 Å². The van der Waals surface area contributed by atoms with Gasteiger partial charge in [-0.2, -0.15) is 0 Å². The molecule has 1 aromatic heterocycles. The lowest BCUT2D eigenvalue weighted by Crippen LogP contribution is -2.39. The summed E-state index contributed by atoms with van der Waals surface area (Å²) >= 11 is 1.64. The van der Waals surface area contributed by atoms with Gasteiger partial charge in [0, 0.05) is 23.7 Å². The first-order chi connectivity index (χ1) is 7.41. The highest BCUT2D eigenvalue weighted by molar-refractivity contribution is 7.09. The van der Waals surface area contributed by atoms with Crippen LogP contribution in [0.25, 0.3) is 0 Å². The minimum absolute atomic E-state index is 0.256. The third kappa shape index (κ3) is 4.60. The standard InChI is InChI=1S/C12H22N2OS/c1-9(2)5-12(4,15)7-14-10(3)11-6-13-8-16-11/h6,8-10,14-15H,5,7H2,1-4H3. The predicted molar refractivity (Wildman–Crippen MR) is 68.6 cm³/mol. The van der Waals surface area contributed by atoms with Crippen LogP contribution in [0.5, 0.6) is 0 Å². The van der Waals surface area contributed by atoms with Gasteiger partial charge in [0.05, 0.1) is 11.1 Å². The monoisotopic (exact) mass is 242 g/mol. The molecule has 1 rings (SSSR count). The third-order valence-corrected chi connectivity index (χ3v) is 3.47. The second-order valence-corrected chi connectivity index (χ2v) is 6.02. The van der Waals surface area contributed by atoms with Crippen molar-refractivity contribution in [2.75, 3.05) is 6.54 Å². The van der Waals surface area contributed by atoms with Crippen LogP contribution in [0.3, 0.4) is 0 Å². The second-order valence-electron chi connectivity index (χ2n) is 5.10. The van der Waals surface area contributed by atoms with E-state index < -0.39 is 5.60 Å². The van der Waals surface area contributed by atoms with Crippen molar-refractivity contribution in [1.29, 1.82) is 0 Å². The van der Waals surface area contributed by atoms with Crippen LogP contribution < -0.4 is 5.32 Å². The van der Waals surface area contributed by atoms with E-state index in [-0.39, 0.29) is 6.04 Å². The first-order valence-corrected chi connectivity index (χ1v) is 6.63. The lowest BCUT2D eigenvalue weighted by molar-refractivity contribution is 0.0364. The van der Waals surface area contributed by atoms with E-state index in [9.17, 15) is 5.11 Å². The molecule has 3 nitrogen and oxygen atoms in total. The number of aliphatic hydroxyl groups is 1. The van der Waals surface area contributed by atoms with Crippen molar-refractivity contribution in [1.82, 2.24) is 10.3 Å². The second kappa shape index (κ2) is 5.75. The van der Waals surface area contributed by atoms with Gasteiger partial charge in [-0.15, -0.1) is 11.3 Å². The number of hydrogen-bond acceptors (Lipinski definition) is 4. The number of thiazole rings is 1. The zero-order valence-electron chi connectivity index (χ0n) is 10.5. The molecule has 0 fully saturated rings. The minimum atomic E-state index is -0.632. The van der Waals surface area contributed by atoms with Gasteiger partial charge >= 0.3 is 0 Å². The highest BCUT2D eigenvalue weighted by atomic mass is 32.1. The molecule has 0 saturated carbocycles. The zero-order chi connectivity index (χ0) is 12.2. The average Bonchev–Trinajstić information content (AvgIpc) is 2.64. The van der Waals surface area contributed by atoms with Crippen LogP contribution in [-0.4, -0.2) is 22.2 Å². The van der Waals surface area contributed by atoms with Crippen LogP contribution in [-0.2, 0) is 0 Å². The Morgan fingerprint density at radius 2 is 2.19 bits per heavy atom. The SMILES string of the molecule is CC(C)CC(C)(O)CNC(C)c1cncs1.